The molecule has 0 saturated heterocycles. The van der Waals surface area contributed by atoms with Gasteiger partial charge in [0.25, 0.3) is 0 Å². The van der Waals surface area contributed by atoms with Crippen LogP contribution >= 0.6 is 0 Å². The van der Waals surface area contributed by atoms with Crippen molar-refractivity contribution in [1.29, 1.82) is 0 Å². The molecule has 94 valence electrons. The quantitative estimate of drug-likeness (QED) is 0.763. The Labute approximate surface area is 101 Å². The Morgan fingerprint density at radius 3 is 2.76 bits per heavy atom. The third-order valence-corrected chi connectivity index (χ3v) is 3.00. The number of rotatable bonds is 6. The molecule has 0 amide bonds. The van der Waals surface area contributed by atoms with E-state index in [9.17, 15) is 13.4 Å². The van der Waals surface area contributed by atoms with Crippen molar-refractivity contribution in [3.8, 4) is 0 Å². The lowest BCUT2D eigenvalue weighted by Gasteiger charge is -2.06. The highest BCUT2D eigenvalue weighted by atomic mass is 32.2. The number of nitrogens with one attached hydrogen (secondary N) is 1. The van der Waals surface area contributed by atoms with Crippen LogP contribution in [0.5, 0.6) is 0 Å². The Morgan fingerprint density at radius 2 is 2.24 bits per heavy atom. The minimum atomic E-state index is -1.28. The van der Waals surface area contributed by atoms with Gasteiger partial charge in [-0.1, -0.05) is 0 Å². The molecule has 6 heteroatoms. The van der Waals surface area contributed by atoms with Gasteiger partial charge < -0.3 is 10.4 Å². The molecule has 0 radical (unpaired) electrons. The lowest BCUT2D eigenvalue weighted by atomic mass is 10.2. The maximum absolute atomic E-state index is 13.3. The number of carboxylic acid groups (broad SMARTS) is 1. The third-order valence-electron chi connectivity index (χ3n) is 2.14. The first kappa shape index (κ1) is 13.6. The fraction of sp³-hybridized carbons (Fsp3) is 0.364. The molecule has 0 aliphatic carbocycles. The Hall–Kier alpha value is -1.43. The molecular formula is C11H14FNO3S. The Morgan fingerprint density at radius 1 is 1.53 bits per heavy atom. The molecule has 17 heavy (non-hydrogen) atoms. The van der Waals surface area contributed by atoms with Crippen LogP contribution in [0.15, 0.2) is 18.2 Å². The highest BCUT2D eigenvalue weighted by molar-refractivity contribution is 7.84. The zero-order valence-electron chi connectivity index (χ0n) is 9.40. The van der Waals surface area contributed by atoms with Crippen molar-refractivity contribution in [3.05, 3.63) is 29.6 Å². The molecule has 4 nitrogen and oxygen atoms in total. The van der Waals surface area contributed by atoms with Gasteiger partial charge in [0, 0.05) is 35.0 Å². The third kappa shape index (κ3) is 4.52. The van der Waals surface area contributed by atoms with E-state index in [4.69, 9.17) is 5.11 Å². The summed E-state index contributed by atoms with van der Waals surface area (Å²) in [6, 6.07) is 3.87. The fourth-order valence-electron chi connectivity index (χ4n) is 1.31. The number of hydrogen-bond donors (Lipinski definition) is 2. The van der Waals surface area contributed by atoms with Crippen LogP contribution in [0.2, 0.25) is 0 Å². The zero-order chi connectivity index (χ0) is 12.8. The molecule has 0 aliphatic rings. The van der Waals surface area contributed by atoms with E-state index in [1.807, 2.05) is 0 Å². The van der Waals surface area contributed by atoms with Crippen LogP contribution in [0, 0.1) is 5.82 Å². The fourth-order valence-corrected chi connectivity index (χ4v) is 1.86. The summed E-state index contributed by atoms with van der Waals surface area (Å²) in [7, 11) is -0.829. The molecule has 1 unspecified atom stereocenters. The second-order valence-electron chi connectivity index (χ2n) is 3.56. The molecule has 1 aromatic rings. The summed E-state index contributed by atoms with van der Waals surface area (Å²) >= 11 is 0. The van der Waals surface area contributed by atoms with E-state index in [0.717, 1.165) is 6.07 Å². The molecule has 0 bridgehead atoms. The summed E-state index contributed by atoms with van der Waals surface area (Å²) in [6.45, 7) is 0.575. The number of hydrogen-bond acceptors (Lipinski definition) is 3. The van der Waals surface area contributed by atoms with Crippen molar-refractivity contribution < 1.29 is 18.5 Å². The van der Waals surface area contributed by atoms with Gasteiger partial charge in [0.1, 0.15) is 5.82 Å². The Kier molecular flexibility index (Phi) is 5.09. The Balaban J connectivity index is 2.53. The van der Waals surface area contributed by atoms with Gasteiger partial charge in [-0.15, -0.1) is 0 Å². The Bertz CT molecular complexity index is 437. The smallest absolute Gasteiger partial charge is 0.338 e. The second kappa shape index (κ2) is 6.34. The van der Waals surface area contributed by atoms with Gasteiger partial charge in [0.15, 0.2) is 0 Å². The number of aromatic carboxylic acids is 1. The molecule has 1 atom stereocenters. The van der Waals surface area contributed by atoms with Crippen LogP contribution < -0.4 is 5.32 Å². The van der Waals surface area contributed by atoms with Crippen LogP contribution in [0.25, 0.3) is 0 Å². The lowest BCUT2D eigenvalue weighted by molar-refractivity contribution is 0.0692. The topological polar surface area (TPSA) is 66.4 Å². The van der Waals surface area contributed by atoms with E-state index in [0.29, 0.717) is 24.4 Å². The summed E-state index contributed by atoms with van der Waals surface area (Å²) in [5, 5.41) is 11.6. The largest absolute Gasteiger partial charge is 0.478 e. The van der Waals surface area contributed by atoms with Gasteiger partial charge in [-0.3, -0.25) is 4.21 Å². The highest BCUT2D eigenvalue weighted by Crippen LogP contribution is 2.14. The zero-order valence-corrected chi connectivity index (χ0v) is 10.2. The monoisotopic (exact) mass is 259 g/mol. The summed E-state index contributed by atoms with van der Waals surface area (Å²) in [6.07, 6.45) is 2.34. The first-order chi connectivity index (χ1) is 8.00. The number of carboxylic acids is 1. The first-order valence-electron chi connectivity index (χ1n) is 5.07. The normalized spacial score (nSPS) is 12.1. The second-order valence-corrected chi connectivity index (χ2v) is 5.11. The van der Waals surface area contributed by atoms with Crippen molar-refractivity contribution in [2.45, 2.75) is 6.42 Å². The van der Waals surface area contributed by atoms with Gasteiger partial charge in [-0.25, -0.2) is 9.18 Å². The summed E-state index contributed by atoms with van der Waals surface area (Å²) in [5.41, 5.74) is 0.180. The maximum atomic E-state index is 13.3. The molecule has 0 heterocycles. The number of benzene rings is 1. The molecule has 0 spiro atoms. The van der Waals surface area contributed by atoms with Crippen LogP contribution in [0.1, 0.15) is 16.8 Å². The minimum absolute atomic E-state index is 0.342. The van der Waals surface area contributed by atoms with E-state index in [-0.39, 0.29) is 5.56 Å². The van der Waals surface area contributed by atoms with Gasteiger partial charge in [0.05, 0.1) is 5.56 Å². The molecule has 0 aromatic heterocycles. The molecular weight excluding hydrogens is 245 g/mol. The summed E-state index contributed by atoms with van der Waals surface area (Å²) in [4.78, 5) is 10.6. The van der Waals surface area contributed by atoms with Crippen molar-refractivity contribution in [1.82, 2.24) is 0 Å². The van der Waals surface area contributed by atoms with Crippen LogP contribution in [0.4, 0.5) is 10.1 Å². The predicted octanol–water partition coefficient (Wildman–Crippen LogP) is 1.70. The van der Waals surface area contributed by atoms with Gasteiger partial charge in [-0.2, -0.15) is 0 Å². The summed E-state index contributed by atoms with van der Waals surface area (Å²) in [5.74, 6) is -1.46. The first-order valence-corrected chi connectivity index (χ1v) is 6.80. The predicted molar refractivity (Wildman–Crippen MR) is 65.4 cm³/mol. The van der Waals surface area contributed by atoms with Gasteiger partial charge >= 0.3 is 5.97 Å². The van der Waals surface area contributed by atoms with Crippen molar-refractivity contribution in [2.75, 3.05) is 23.9 Å². The minimum Gasteiger partial charge on any atom is -0.478 e. The average molecular weight is 259 g/mol. The van der Waals surface area contributed by atoms with E-state index in [1.165, 1.54) is 12.1 Å². The SMILES string of the molecule is CS(=O)CCCNc1ccc(C(=O)O)c(F)c1. The molecule has 0 fully saturated rings. The molecule has 0 saturated carbocycles. The van der Waals surface area contributed by atoms with E-state index in [2.05, 4.69) is 5.32 Å². The molecule has 1 rings (SSSR count). The standard InChI is InChI=1S/C11H14FNO3S/c1-17(16)6-2-5-13-8-3-4-9(11(14)15)10(12)7-8/h3-4,7,13H,2,5-6H2,1H3,(H,14,15). The molecule has 0 aliphatic heterocycles. The average Bonchev–Trinajstić information content (AvgIpc) is 2.23. The van der Waals surface area contributed by atoms with Crippen molar-refractivity contribution >= 4 is 22.5 Å². The van der Waals surface area contributed by atoms with Gasteiger partial charge in [0.2, 0.25) is 0 Å². The van der Waals surface area contributed by atoms with Crippen molar-refractivity contribution in [2.24, 2.45) is 0 Å². The number of carbonyl (C=O) groups is 1. The maximum Gasteiger partial charge on any atom is 0.338 e. The van der Waals surface area contributed by atoms with E-state index < -0.39 is 22.6 Å². The highest BCUT2D eigenvalue weighted by Gasteiger charge is 2.09. The molecule has 1 aromatic carbocycles. The van der Waals surface area contributed by atoms with Crippen LogP contribution in [-0.2, 0) is 10.8 Å². The van der Waals surface area contributed by atoms with E-state index in [1.54, 1.807) is 6.26 Å². The number of halogens is 1. The number of anilines is 1. The van der Waals surface area contributed by atoms with Crippen LogP contribution in [0.3, 0.4) is 0 Å². The lowest BCUT2D eigenvalue weighted by Crippen LogP contribution is -2.07. The molecule has 2 N–H and O–H groups in total. The van der Waals surface area contributed by atoms with Gasteiger partial charge in [-0.05, 0) is 24.6 Å². The van der Waals surface area contributed by atoms with Crippen molar-refractivity contribution in [3.63, 3.8) is 0 Å². The van der Waals surface area contributed by atoms with E-state index >= 15 is 0 Å². The summed E-state index contributed by atoms with van der Waals surface area (Å²) < 4.78 is 24.1. The van der Waals surface area contributed by atoms with Crippen LogP contribution in [-0.4, -0.2) is 33.8 Å².